The number of thioether (sulfide) groups is 1. The van der Waals surface area contributed by atoms with Crippen molar-refractivity contribution in [2.24, 2.45) is 11.1 Å². The molecule has 0 atom stereocenters. The second-order valence-electron chi connectivity index (χ2n) is 5.35. The number of unbranched alkanes of at least 4 members (excludes halogenated alkanes) is 1. The van der Waals surface area contributed by atoms with E-state index in [1.807, 2.05) is 32.8 Å². The van der Waals surface area contributed by atoms with E-state index in [0.29, 0.717) is 0 Å². The summed E-state index contributed by atoms with van der Waals surface area (Å²) in [5, 5.41) is 16.7. The molecular weight excluding hydrogens is 278 g/mol. The summed E-state index contributed by atoms with van der Waals surface area (Å²) < 4.78 is 1.02. The van der Waals surface area contributed by atoms with E-state index in [0.717, 1.165) is 34.5 Å². The van der Waals surface area contributed by atoms with Gasteiger partial charge in [-0.05, 0) is 12.8 Å². The highest BCUT2D eigenvalue weighted by atomic mass is 32.2. The molecule has 0 aliphatic heterocycles. The van der Waals surface area contributed by atoms with E-state index in [4.69, 9.17) is 11.1 Å². The van der Waals surface area contributed by atoms with Crippen molar-refractivity contribution < 1.29 is 0 Å². The maximum absolute atomic E-state index is 7.51. The number of nitrogens with two attached hydrogens (primary N) is 1. The molecule has 0 unspecified atom stereocenters. The van der Waals surface area contributed by atoms with Crippen LogP contribution in [0, 0.1) is 10.8 Å². The average molecular weight is 301 g/mol. The summed E-state index contributed by atoms with van der Waals surface area (Å²) in [6, 6.07) is 0. The summed E-state index contributed by atoms with van der Waals surface area (Å²) >= 11 is 3.37. The third-order valence-corrected chi connectivity index (χ3v) is 5.24. The minimum Gasteiger partial charge on any atom is -0.387 e. The Bertz CT molecular complexity index is 414. The molecule has 0 aliphatic carbocycles. The normalized spacial score (nSPS) is 11.6. The summed E-state index contributed by atoms with van der Waals surface area (Å²) in [7, 11) is 3.94. The summed E-state index contributed by atoms with van der Waals surface area (Å²) in [4.78, 5) is 1.97. The standard InChI is InChI=1S/C12H23N5S2/c1-12(2,9(13)14)7-5-6-8-18-11-16-15-10(19-11)17(3)4/h5-8H2,1-4H3,(H3,13,14). The molecule has 0 amide bonds. The monoisotopic (exact) mass is 301 g/mol. The van der Waals surface area contributed by atoms with Crippen molar-refractivity contribution in [3.63, 3.8) is 0 Å². The first-order valence-electron chi connectivity index (χ1n) is 6.31. The van der Waals surface area contributed by atoms with Gasteiger partial charge in [-0.25, -0.2) is 0 Å². The van der Waals surface area contributed by atoms with Crippen LogP contribution in [0.1, 0.15) is 33.1 Å². The van der Waals surface area contributed by atoms with Gasteiger partial charge in [0.05, 0.1) is 5.84 Å². The van der Waals surface area contributed by atoms with Gasteiger partial charge in [0.2, 0.25) is 5.13 Å². The third-order valence-electron chi connectivity index (χ3n) is 2.93. The number of hydrogen-bond donors (Lipinski definition) is 2. The smallest absolute Gasteiger partial charge is 0.208 e. The molecule has 1 rings (SSSR count). The fraction of sp³-hybridized carbons (Fsp3) is 0.750. The highest BCUT2D eigenvalue weighted by molar-refractivity contribution is 8.01. The van der Waals surface area contributed by atoms with Crippen molar-refractivity contribution in [1.29, 1.82) is 5.41 Å². The van der Waals surface area contributed by atoms with E-state index in [1.165, 1.54) is 0 Å². The molecule has 108 valence electrons. The molecule has 0 spiro atoms. The minimum atomic E-state index is -0.175. The first-order chi connectivity index (χ1) is 8.83. The first-order valence-corrected chi connectivity index (χ1v) is 8.11. The van der Waals surface area contributed by atoms with Crippen molar-refractivity contribution in [1.82, 2.24) is 10.2 Å². The second kappa shape index (κ2) is 7.09. The lowest BCUT2D eigenvalue weighted by molar-refractivity contribution is 0.448. The van der Waals surface area contributed by atoms with Crippen molar-refractivity contribution in [2.75, 3.05) is 24.7 Å². The number of nitrogens with zero attached hydrogens (tertiary/aromatic N) is 3. The molecule has 5 nitrogen and oxygen atoms in total. The van der Waals surface area contributed by atoms with E-state index in [2.05, 4.69) is 10.2 Å². The van der Waals surface area contributed by atoms with Crippen LogP contribution in [-0.4, -0.2) is 35.9 Å². The first kappa shape index (κ1) is 16.2. The van der Waals surface area contributed by atoms with Crippen LogP contribution in [0.5, 0.6) is 0 Å². The van der Waals surface area contributed by atoms with E-state index in [1.54, 1.807) is 23.1 Å². The van der Waals surface area contributed by atoms with Crippen molar-refractivity contribution in [3.05, 3.63) is 0 Å². The quantitative estimate of drug-likeness (QED) is 0.334. The van der Waals surface area contributed by atoms with Gasteiger partial charge in [-0.15, -0.1) is 10.2 Å². The van der Waals surface area contributed by atoms with Crippen LogP contribution in [0.3, 0.4) is 0 Å². The Labute approximate surface area is 123 Å². The SMILES string of the molecule is CN(C)c1nnc(SCCCCC(C)(C)C(=N)N)s1. The molecule has 7 heteroatoms. The second-order valence-corrected chi connectivity index (χ2v) is 7.65. The van der Waals surface area contributed by atoms with Crippen LogP contribution in [0.25, 0.3) is 0 Å². The Hall–Kier alpha value is -0.820. The predicted molar refractivity (Wildman–Crippen MR) is 84.5 cm³/mol. The predicted octanol–water partition coefficient (Wildman–Crippen LogP) is 2.83. The zero-order chi connectivity index (χ0) is 14.5. The summed E-state index contributed by atoms with van der Waals surface area (Å²) in [5.74, 6) is 1.32. The zero-order valence-corrected chi connectivity index (χ0v) is 13.7. The molecule has 0 bridgehead atoms. The van der Waals surface area contributed by atoms with Gasteiger partial charge in [0.1, 0.15) is 0 Å². The van der Waals surface area contributed by atoms with Gasteiger partial charge in [0, 0.05) is 25.3 Å². The fourth-order valence-electron chi connectivity index (χ4n) is 1.40. The molecule has 3 N–H and O–H groups in total. The number of anilines is 1. The van der Waals surface area contributed by atoms with Crippen LogP contribution in [0.4, 0.5) is 5.13 Å². The van der Waals surface area contributed by atoms with Gasteiger partial charge in [-0.1, -0.05) is 43.4 Å². The number of aromatic nitrogens is 2. The molecule has 19 heavy (non-hydrogen) atoms. The fourth-order valence-corrected chi connectivity index (χ4v) is 3.24. The number of nitrogens with one attached hydrogen (secondary N) is 1. The van der Waals surface area contributed by atoms with Gasteiger partial charge in [0.25, 0.3) is 0 Å². The van der Waals surface area contributed by atoms with Gasteiger partial charge < -0.3 is 10.6 Å². The highest BCUT2D eigenvalue weighted by Crippen LogP contribution is 2.28. The lowest BCUT2D eigenvalue weighted by atomic mass is 9.86. The highest BCUT2D eigenvalue weighted by Gasteiger charge is 2.20. The molecule has 1 aromatic rings. The number of hydrogen-bond acceptors (Lipinski definition) is 6. The Balaban J connectivity index is 2.22. The third kappa shape index (κ3) is 5.36. The van der Waals surface area contributed by atoms with Gasteiger partial charge in [-0.3, -0.25) is 5.41 Å². The molecular formula is C12H23N5S2. The Morgan fingerprint density at radius 1 is 1.37 bits per heavy atom. The van der Waals surface area contributed by atoms with Gasteiger partial charge >= 0.3 is 0 Å². The van der Waals surface area contributed by atoms with Crippen LogP contribution in [0.2, 0.25) is 0 Å². The molecule has 0 aromatic carbocycles. The molecule has 0 fully saturated rings. The van der Waals surface area contributed by atoms with Gasteiger partial charge in [0.15, 0.2) is 4.34 Å². The van der Waals surface area contributed by atoms with Crippen LogP contribution in [0.15, 0.2) is 4.34 Å². The molecule has 1 heterocycles. The van der Waals surface area contributed by atoms with E-state index >= 15 is 0 Å². The molecule has 0 aliphatic rings. The largest absolute Gasteiger partial charge is 0.387 e. The van der Waals surface area contributed by atoms with E-state index in [-0.39, 0.29) is 11.3 Å². The van der Waals surface area contributed by atoms with Crippen LogP contribution >= 0.6 is 23.1 Å². The van der Waals surface area contributed by atoms with Crippen molar-refractivity contribution in [3.8, 4) is 0 Å². The van der Waals surface area contributed by atoms with E-state index < -0.39 is 0 Å². The molecule has 0 saturated carbocycles. The van der Waals surface area contributed by atoms with E-state index in [9.17, 15) is 0 Å². The Morgan fingerprint density at radius 3 is 2.58 bits per heavy atom. The summed E-state index contributed by atoms with van der Waals surface area (Å²) in [6.45, 7) is 4.05. The lowest BCUT2D eigenvalue weighted by Crippen LogP contribution is -2.30. The summed E-state index contributed by atoms with van der Waals surface area (Å²) in [6.07, 6.45) is 3.15. The topological polar surface area (TPSA) is 78.9 Å². The van der Waals surface area contributed by atoms with Crippen molar-refractivity contribution in [2.45, 2.75) is 37.4 Å². The average Bonchev–Trinajstić information content (AvgIpc) is 2.77. The van der Waals surface area contributed by atoms with Crippen LogP contribution in [-0.2, 0) is 0 Å². The van der Waals surface area contributed by atoms with Gasteiger partial charge in [-0.2, -0.15) is 0 Å². The molecule has 0 radical (unpaired) electrons. The lowest BCUT2D eigenvalue weighted by Gasteiger charge is -2.22. The Morgan fingerprint density at radius 2 is 2.05 bits per heavy atom. The summed E-state index contributed by atoms with van der Waals surface area (Å²) in [5.41, 5.74) is 5.39. The van der Waals surface area contributed by atoms with Crippen LogP contribution < -0.4 is 10.6 Å². The van der Waals surface area contributed by atoms with Crippen molar-refractivity contribution >= 4 is 34.1 Å². The maximum Gasteiger partial charge on any atom is 0.208 e. The number of amidine groups is 1. The number of rotatable bonds is 8. The molecule has 0 saturated heterocycles. The maximum atomic E-state index is 7.51. The Kier molecular flexibility index (Phi) is 6.06. The molecule has 1 aromatic heterocycles. The zero-order valence-electron chi connectivity index (χ0n) is 12.1. The minimum absolute atomic E-state index is 0.175.